The average Bonchev–Trinajstić information content (AvgIpc) is 3.32. The summed E-state index contributed by atoms with van der Waals surface area (Å²) in [4.78, 5) is 10.4. The van der Waals surface area contributed by atoms with E-state index in [9.17, 15) is 0 Å². The van der Waals surface area contributed by atoms with Crippen LogP contribution < -0.4 is 0 Å². The highest BCUT2D eigenvalue weighted by molar-refractivity contribution is 6.11. The van der Waals surface area contributed by atoms with Crippen molar-refractivity contribution >= 4 is 21.9 Å². The lowest BCUT2D eigenvalue weighted by molar-refractivity contribution is 1.15. The number of benzene rings is 5. The van der Waals surface area contributed by atoms with Gasteiger partial charge in [-0.15, -0.1) is 0 Å². The lowest BCUT2D eigenvalue weighted by Gasteiger charge is -2.12. The molecule has 0 aliphatic carbocycles. The van der Waals surface area contributed by atoms with Gasteiger partial charge in [0.2, 0.25) is 0 Å². The fraction of sp³-hybridized carbons (Fsp3) is 0. The lowest BCUT2D eigenvalue weighted by Crippen LogP contribution is -1.99. The van der Waals surface area contributed by atoms with E-state index in [1.807, 2.05) is 18.2 Å². The highest BCUT2D eigenvalue weighted by Gasteiger charge is 2.20. The summed E-state index contributed by atoms with van der Waals surface area (Å²) in [6.07, 6.45) is 0. The minimum Gasteiger partial charge on any atom is -0.306 e. The Morgan fingerprint density at radius 2 is 1.05 bits per heavy atom. The predicted molar refractivity (Wildman–Crippen MR) is 153 cm³/mol. The number of fused-ring (bicyclic) bond motifs is 3. The summed E-state index contributed by atoms with van der Waals surface area (Å²) in [6, 6.07) is 48.3. The largest absolute Gasteiger partial charge is 0.306 e. The molecule has 0 atom stereocenters. The van der Waals surface area contributed by atoms with E-state index >= 15 is 0 Å². The Labute approximate surface area is 215 Å². The molecule has 0 bridgehead atoms. The summed E-state index contributed by atoms with van der Waals surface area (Å²) >= 11 is 0. The van der Waals surface area contributed by atoms with Gasteiger partial charge in [-0.3, -0.25) is 0 Å². The van der Waals surface area contributed by atoms with E-state index in [1.54, 1.807) is 0 Å². The first-order valence-corrected chi connectivity index (χ1v) is 12.4. The van der Waals surface area contributed by atoms with Crippen molar-refractivity contribution in [2.45, 2.75) is 0 Å². The minimum atomic E-state index is 0.722. The number of para-hydroxylation sites is 2. The molecule has 0 aliphatic heterocycles. The van der Waals surface area contributed by atoms with E-state index in [2.05, 4.69) is 126 Å². The van der Waals surface area contributed by atoms with Crippen LogP contribution in [0.3, 0.4) is 0 Å². The van der Waals surface area contributed by atoms with Crippen molar-refractivity contribution in [2.75, 3.05) is 0 Å². The Balaban J connectivity index is 1.56. The second kappa shape index (κ2) is 8.89. The van der Waals surface area contributed by atoms with Crippen LogP contribution in [0, 0.1) is 0 Å². The maximum Gasteiger partial charge on any atom is 0.160 e. The molecule has 7 rings (SSSR count). The summed E-state index contributed by atoms with van der Waals surface area (Å²) in [5.74, 6) is 0.722. The zero-order valence-electron chi connectivity index (χ0n) is 20.1. The summed E-state index contributed by atoms with van der Waals surface area (Å²) in [5.41, 5.74) is 9.48. The molecule has 3 nitrogen and oxygen atoms in total. The second-order valence-corrected chi connectivity index (χ2v) is 9.09. The van der Waals surface area contributed by atoms with Crippen LogP contribution in [0.15, 0.2) is 140 Å². The zero-order chi connectivity index (χ0) is 24.6. The topological polar surface area (TPSA) is 30.7 Å². The molecule has 3 heteroatoms. The van der Waals surface area contributed by atoms with E-state index in [4.69, 9.17) is 9.97 Å². The van der Waals surface area contributed by atoms with Gasteiger partial charge >= 0.3 is 0 Å². The zero-order valence-corrected chi connectivity index (χ0v) is 20.1. The van der Waals surface area contributed by atoms with Gasteiger partial charge < -0.3 is 4.57 Å². The van der Waals surface area contributed by atoms with Crippen molar-refractivity contribution in [3.8, 4) is 39.5 Å². The van der Waals surface area contributed by atoms with Crippen LogP contribution in [0.4, 0.5) is 0 Å². The Kier molecular flexibility index (Phi) is 5.11. The van der Waals surface area contributed by atoms with Gasteiger partial charge in [0.1, 0.15) is 5.52 Å². The summed E-state index contributed by atoms with van der Waals surface area (Å²) in [7, 11) is 0. The third-order valence-corrected chi connectivity index (χ3v) is 6.80. The quantitative estimate of drug-likeness (QED) is 0.256. The first-order valence-electron chi connectivity index (χ1n) is 12.4. The van der Waals surface area contributed by atoms with Crippen molar-refractivity contribution in [3.05, 3.63) is 140 Å². The molecular formula is C34H23N3. The molecular weight excluding hydrogens is 450 g/mol. The maximum absolute atomic E-state index is 5.23. The molecule has 0 amide bonds. The van der Waals surface area contributed by atoms with Crippen LogP contribution in [0.2, 0.25) is 0 Å². The highest BCUT2D eigenvalue weighted by atomic mass is 15.0. The fourth-order valence-electron chi connectivity index (χ4n) is 5.08. The molecule has 2 heterocycles. The van der Waals surface area contributed by atoms with Crippen molar-refractivity contribution in [2.24, 2.45) is 0 Å². The number of rotatable bonds is 4. The average molecular weight is 474 g/mol. The summed E-state index contributed by atoms with van der Waals surface area (Å²) in [6.45, 7) is 0. The van der Waals surface area contributed by atoms with Crippen LogP contribution in [0.25, 0.3) is 61.4 Å². The first-order chi connectivity index (χ1) is 18.4. The standard InChI is InChI=1S/C34H23N3/c1-4-13-24(14-5-1)26-17-12-18-27(23-26)34-35-31(25-15-6-2-7-16-25)33-32(36-34)29-21-10-11-22-30(29)37(33)28-19-8-3-9-20-28/h1-23H. The van der Waals surface area contributed by atoms with Crippen molar-refractivity contribution in [1.29, 1.82) is 0 Å². The van der Waals surface area contributed by atoms with Crippen molar-refractivity contribution in [1.82, 2.24) is 14.5 Å². The van der Waals surface area contributed by atoms with Gasteiger partial charge in [0.15, 0.2) is 5.82 Å². The Morgan fingerprint density at radius 3 is 1.81 bits per heavy atom. The van der Waals surface area contributed by atoms with E-state index in [1.165, 1.54) is 5.56 Å². The molecule has 0 saturated carbocycles. The molecule has 174 valence electrons. The monoisotopic (exact) mass is 473 g/mol. The van der Waals surface area contributed by atoms with Gasteiger partial charge in [-0.1, -0.05) is 115 Å². The van der Waals surface area contributed by atoms with E-state index < -0.39 is 0 Å². The van der Waals surface area contributed by atoms with Crippen LogP contribution in [-0.2, 0) is 0 Å². The molecule has 0 fully saturated rings. The molecule has 37 heavy (non-hydrogen) atoms. The van der Waals surface area contributed by atoms with Gasteiger partial charge in [-0.05, 0) is 35.4 Å². The Morgan fingerprint density at radius 1 is 0.459 bits per heavy atom. The van der Waals surface area contributed by atoms with E-state index in [-0.39, 0.29) is 0 Å². The van der Waals surface area contributed by atoms with Gasteiger partial charge in [-0.2, -0.15) is 0 Å². The predicted octanol–water partition coefficient (Wildman–Crippen LogP) is 8.57. The van der Waals surface area contributed by atoms with E-state index in [0.29, 0.717) is 0 Å². The molecule has 0 aliphatic rings. The van der Waals surface area contributed by atoms with Crippen LogP contribution in [0.5, 0.6) is 0 Å². The maximum atomic E-state index is 5.23. The molecule has 2 aromatic heterocycles. The molecule has 7 aromatic rings. The third kappa shape index (κ3) is 3.69. The SMILES string of the molecule is c1ccc(-c2cccc(-c3nc(-c4ccccc4)c4c(n3)c3ccccc3n4-c3ccccc3)c2)cc1. The summed E-state index contributed by atoms with van der Waals surface area (Å²) in [5, 5.41) is 1.11. The molecule has 0 unspecified atom stereocenters. The summed E-state index contributed by atoms with van der Waals surface area (Å²) < 4.78 is 2.29. The molecule has 0 N–H and O–H groups in total. The fourth-order valence-corrected chi connectivity index (χ4v) is 5.08. The number of hydrogen-bond acceptors (Lipinski definition) is 2. The molecule has 0 saturated heterocycles. The molecule has 0 radical (unpaired) electrons. The van der Waals surface area contributed by atoms with Crippen molar-refractivity contribution in [3.63, 3.8) is 0 Å². The smallest absolute Gasteiger partial charge is 0.160 e. The van der Waals surface area contributed by atoms with Crippen LogP contribution in [-0.4, -0.2) is 14.5 Å². The van der Waals surface area contributed by atoms with Gasteiger partial charge in [0, 0.05) is 22.2 Å². The number of aromatic nitrogens is 3. The van der Waals surface area contributed by atoms with Gasteiger partial charge in [0.25, 0.3) is 0 Å². The van der Waals surface area contributed by atoms with Crippen LogP contribution >= 0.6 is 0 Å². The van der Waals surface area contributed by atoms with E-state index in [0.717, 1.165) is 55.8 Å². The number of nitrogens with zero attached hydrogens (tertiary/aromatic N) is 3. The third-order valence-electron chi connectivity index (χ3n) is 6.80. The highest BCUT2D eigenvalue weighted by Crippen LogP contribution is 2.38. The number of hydrogen-bond donors (Lipinski definition) is 0. The Bertz CT molecular complexity index is 1850. The van der Waals surface area contributed by atoms with Gasteiger partial charge in [-0.25, -0.2) is 9.97 Å². The molecule has 0 spiro atoms. The first kappa shape index (κ1) is 21.3. The second-order valence-electron chi connectivity index (χ2n) is 9.09. The lowest BCUT2D eigenvalue weighted by atomic mass is 10.0. The van der Waals surface area contributed by atoms with Gasteiger partial charge in [0.05, 0.1) is 16.7 Å². The Hall–Kier alpha value is -5.02. The minimum absolute atomic E-state index is 0.722. The van der Waals surface area contributed by atoms with Crippen molar-refractivity contribution < 1.29 is 0 Å². The molecule has 5 aromatic carbocycles. The van der Waals surface area contributed by atoms with Crippen LogP contribution in [0.1, 0.15) is 0 Å². The normalized spacial score (nSPS) is 11.2.